The summed E-state index contributed by atoms with van der Waals surface area (Å²) < 4.78 is 45.6. The number of carbonyl (C=O) groups is 2. The van der Waals surface area contributed by atoms with E-state index in [2.05, 4.69) is 25.4 Å². The Bertz CT molecular complexity index is 1180. The molecule has 0 unspecified atom stereocenters. The summed E-state index contributed by atoms with van der Waals surface area (Å²) in [4.78, 5) is 28.7. The van der Waals surface area contributed by atoms with Crippen LogP contribution in [0.25, 0.3) is 11.3 Å². The molecule has 2 aromatic rings. The molecule has 11 heteroatoms. The van der Waals surface area contributed by atoms with Crippen LogP contribution in [0.4, 0.5) is 13.2 Å². The summed E-state index contributed by atoms with van der Waals surface area (Å²) in [6.45, 7) is 2.82. The number of nitrogens with one attached hydrogen (secondary N) is 2. The van der Waals surface area contributed by atoms with Crippen molar-refractivity contribution in [3.63, 3.8) is 0 Å². The van der Waals surface area contributed by atoms with Crippen molar-refractivity contribution >= 4 is 11.8 Å². The monoisotopic (exact) mass is 575 g/mol. The Labute approximate surface area is 239 Å². The van der Waals surface area contributed by atoms with E-state index in [1.807, 2.05) is 0 Å². The lowest BCUT2D eigenvalue weighted by atomic mass is 9.93. The van der Waals surface area contributed by atoms with Crippen molar-refractivity contribution in [1.82, 2.24) is 25.3 Å². The van der Waals surface area contributed by atoms with Gasteiger partial charge in [0.2, 0.25) is 5.91 Å². The maximum Gasteiger partial charge on any atom is 0.573 e. The van der Waals surface area contributed by atoms with Crippen LogP contribution in [0.5, 0.6) is 5.75 Å². The third-order valence-electron chi connectivity index (χ3n) is 8.51. The maximum atomic E-state index is 13.6. The van der Waals surface area contributed by atoms with Gasteiger partial charge in [-0.25, -0.2) is 0 Å². The first-order chi connectivity index (χ1) is 19.7. The average Bonchev–Trinajstić information content (AvgIpc) is 3.60. The van der Waals surface area contributed by atoms with Gasteiger partial charge in [-0.3, -0.25) is 14.3 Å². The zero-order valence-electron chi connectivity index (χ0n) is 23.4. The van der Waals surface area contributed by atoms with E-state index in [0.29, 0.717) is 12.1 Å². The molecule has 1 saturated heterocycles. The van der Waals surface area contributed by atoms with E-state index in [0.717, 1.165) is 77.4 Å². The molecule has 8 nitrogen and oxygen atoms in total. The molecule has 0 radical (unpaired) electrons. The van der Waals surface area contributed by atoms with E-state index in [1.165, 1.54) is 18.6 Å². The van der Waals surface area contributed by atoms with E-state index in [1.54, 1.807) is 22.9 Å². The van der Waals surface area contributed by atoms with Crippen molar-refractivity contribution in [3.8, 4) is 17.0 Å². The summed E-state index contributed by atoms with van der Waals surface area (Å²) >= 11 is 0. The number of benzene rings is 1. The zero-order valence-corrected chi connectivity index (χ0v) is 23.4. The minimum atomic E-state index is -4.85. The number of hydrogen-bond donors (Lipinski definition) is 2. The van der Waals surface area contributed by atoms with Crippen LogP contribution in [-0.2, 0) is 4.79 Å². The van der Waals surface area contributed by atoms with Gasteiger partial charge in [0, 0.05) is 30.6 Å². The number of carbonyl (C=O) groups excluding carboxylic acids is 2. The fourth-order valence-corrected chi connectivity index (χ4v) is 6.09. The third kappa shape index (κ3) is 8.02. The highest BCUT2D eigenvalue weighted by Crippen LogP contribution is 2.38. The molecule has 2 saturated carbocycles. The van der Waals surface area contributed by atoms with Crippen molar-refractivity contribution in [3.05, 3.63) is 36.0 Å². The van der Waals surface area contributed by atoms with Crippen molar-refractivity contribution in [2.75, 3.05) is 19.6 Å². The maximum absolute atomic E-state index is 13.6. The third-order valence-corrected chi connectivity index (χ3v) is 8.51. The summed E-state index contributed by atoms with van der Waals surface area (Å²) in [6, 6.07) is 7.30. The Hall–Kier alpha value is -3.08. The molecular weight excluding hydrogens is 535 g/mol. The summed E-state index contributed by atoms with van der Waals surface area (Å²) in [7, 11) is 0. The minimum Gasteiger partial charge on any atom is -0.405 e. The molecule has 3 aliphatic rings. The number of amides is 2. The van der Waals surface area contributed by atoms with E-state index in [4.69, 9.17) is 0 Å². The van der Waals surface area contributed by atoms with E-state index >= 15 is 0 Å². The SMILES string of the molecule is O=C(C[C@H](CCN1CCCCC1)NC(=O)c1cc(-c2ccccc2OC(F)(F)F)n(C2CCCC2)n1)NC1CCC1. The van der Waals surface area contributed by atoms with Crippen LogP contribution in [0.15, 0.2) is 30.3 Å². The van der Waals surface area contributed by atoms with Gasteiger partial charge in [0.15, 0.2) is 5.69 Å². The van der Waals surface area contributed by atoms with Crippen LogP contribution < -0.4 is 15.4 Å². The summed E-state index contributed by atoms with van der Waals surface area (Å²) in [5.41, 5.74) is 0.760. The molecule has 224 valence electrons. The van der Waals surface area contributed by atoms with E-state index in [-0.39, 0.29) is 47.5 Å². The van der Waals surface area contributed by atoms with Crippen LogP contribution >= 0.6 is 0 Å². The molecule has 1 aliphatic heterocycles. The van der Waals surface area contributed by atoms with Gasteiger partial charge < -0.3 is 20.3 Å². The van der Waals surface area contributed by atoms with Crippen LogP contribution in [0.2, 0.25) is 0 Å². The highest BCUT2D eigenvalue weighted by Gasteiger charge is 2.34. The number of aromatic nitrogens is 2. The van der Waals surface area contributed by atoms with Gasteiger partial charge in [0.25, 0.3) is 5.91 Å². The molecule has 2 aliphatic carbocycles. The van der Waals surface area contributed by atoms with Crippen molar-refractivity contribution in [2.45, 2.75) is 102 Å². The quantitative estimate of drug-likeness (QED) is 0.364. The predicted molar refractivity (Wildman–Crippen MR) is 148 cm³/mol. The lowest BCUT2D eigenvalue weighted by Crippen LogP contribution is -2.45. The van der Waals surface area contributed by atoms with Gasteiger partial charge in [-0.05, 0) is 82.7 Å². The van der Waals surface area contributed by atoms with Crippen molar-refractivity contribution in [2.24, 2.45) is 0 Å². The first-order valence-electron chi connectivity index (χ1n) is 15.0. The van der Waals surface area contributed by atoms with E-state index in [9.17, 15) is 22.8 Å². The molecule has 1 atom stereocenters. The second-order valence-corrected chi connectivity index (χ2v) is 11.6. The Morgan fingerprint density at radius 3 is 2.41 bits per heavy atom. The number of para-hydroxylation sites is 1. The van der Waals surface area contributed by atoms with Crippen molar-refractivity contribution in [1.29, 1.82) is 0 Å². The Balaban J connectivity index is 1.36. The number of hydrogen-bond acceptors (Lipinski definition) is 5. The zero-order chi connectivity index (χ0) is 28.8. The molecule has 2 N–H and O–H groups in total. The number of piperidine rings is 1. The summed E-state index contributed by atoms with van der Waals surface area (Å²) in [6.07, 6.45) is 6.20. The molecule has 2 amide bonds. The van der Waals surface area contributed by atoms with Gasteiger partial charge in [-0.1, -0.05) is 31.4 Å². The molecule has 0 bridgehead atoms. The largest absolute Gasteiger partial charge is 0.573 e. The first kappa shape index (κ1) is 29.4. The molecule has 1 aromatic heterocycles. The fourth-order valence-electron chi connectivity index (χ4n) is 6.09. The van der Waals surface area contributed by atoms with Gasteiger partial charge in [0.1, 0.15) is 5.75 Å². The Kier molecular flexibility index (Phi) is 9.52. The molecular formula is C30H40F3N5O3. The Morgan fingerprint density at radius 2 is 1.73 bits per heavy atom. The van der Waals surface area contributed by atoms with Gasteiger partial charge in [-0.2, -0.15) is 5.10 Å². The lowest BCUT2D eigenvalue weighted by Gasteiger charge is -2.29. The Morgan fingerprint density at radius 1 is 1.00 bits per heavy atom. The molecule has 5 rings (SSSR count). The highest BCUT2D eigenvalue weighted by molar-refractivity contribution is 5.94. The number of ether oxygens (including phenoxy) is 1. The van der Waals surface area contributed by atoms with Crippen LogP contribution in [0.3, 0.4) is 0 Å². The second-order valence-electron chi connectivity index (χ2n) is 11.6. The van der Waals surface area contributed by atoms with Crippen LogP contribution in [0, 0.1) is 0 Å². The number of rotatable bonds is 11. The smallest absolute Gasteiger partial charge is 0.405 e. The first-order valence-corrected chi connectivity index (χ1v) is 15.0. The summed E-state index contributed by atoms with van der Waals surface area (Å²) in [5.74, 6) is -0.843. The number of nitrogens with zero attached hydrogens (tertiary/aromatic N) is 3. The molecule has 41 heavy (non-hydrogen) atoms. The molecule has 2 heterocycles. The summed E-state index contributed by atoms with van der Waals surface area (Å²) in [5, 5.41) is 10.7. The lowest BCUT2D eigenvalue weighted by molar-refractivity contribution is -0.274. The van der Waals surface area contributed by atoms with Crippen LogP contribution in [0.1, 0.15) is 93.6 Å². The number of likely N-dealkylation sites (tertiary alicyclic amines) is 1. The van der Waals surface area contributed by atoms with Gasteiger partial charge >= 0.3 is 6.36 Å². The van der Waals surface area contributed by atoms with Gasteiger partial charge in [-0.15, -0.1) is 13.2 Å². The fraction of sp³-hybridized carbons (Fsp3) is 0.633. The average molecular weight is 576 g/mol. The van der Waals surface area contributed by atoms with E-state index < -0.39 is 12.3 Å². The van der Waals surface area contributed by atoms with Crippen LogP contribution in [-0.4, -0.2) is 64.6 Å². The predicted octanol–water partition coefficient (Wildman–Crippen LogP) is 5.60. The number of halogens is 3. The molecule has 3 fully saturated rings. The highest BCUT2D eigenvalue weighted by atomic mass is 19.4. The van der Waals surface area contributed by atoms with Crippen molar-refractivity contribution < 1.29 is 27.5 Å². The second kappa shape index (κ2) is 13.3. The normalized spacial score (nSPS) is 19.5. The topological polar surface area (TPSA) is 88.5 Å². The minimum absolute atomic E-state index is 0.0198. The molecule has 1 aromatic carbocycles. The molecule has 0 spiro atoms. The standard InChI is InChI=1S/C30H40F3N5O3/c31-30(32,33)41-27-14-5-4-13-24(27)26-20-25(36-38(26)23-11-2-3-12-23)29(40)35-22(15-18-37-16-6-1-7-17-37)19-28(39)34-21-9-8-10-21/h4-5,13-14,20-23H,1-3,6-12,15-19H2,(H,34,39)(H,35,40)/t22-/m0/s1. The number of alkyl halides is 3. The van der Waals surface area contributed by atoms with Gasteiger partial charge in [0.05, 0.1) is 11.7 Å².